The van der Waals surface area contributed by atoms with Crippen LogP contribution in [-0.2, 0) is 0 Å². The first-order valence-corrected chi connectivity index (χ1v) is 4.05. The molecule has 0 aliphatic heterocycles. The van der Waals surface area contributed by atoms with Gasteiger partial charge in [0.05, 0.1) is 0 Å². The molecule has 0 fully saturated rings. The van der Waals surface area contributed by atoms with Gasteiger partial charge in [-0.05, 0) is 38.0 Å². The third-order valence-corrected chi connectivity index (χ3v) is 2.16. The Balaban J connectivity index is 3.37. The predicted molar refractivity (Wildman–Crippen MR) is 53.9 cm³/mol. The molecule has 0 spiro atoms. The number of rotatable bonds is 1. The highest BCUT2D eigenvalue weighted by Crippen LogP contribution is 2.19. The lowest BCUT2D eigenvalue weighted by Gasteiger charge is -2.09. The molecule has 0 radical (unpaired) electrons. The highest BCUT2D eigenvalue weighted by atomic mass is 14.6. The summed E-state index contributed by atoms with van der Waals surface area (Å²) < 4.78 is 0. The van der Waals surface area contributed by atoms with E-state index in [4.69, 9.17) is 5.73 Å². The maximum atomic E-state index is 5.66. The topological polar surface area (TPSA) is 26.0 Å². The molecule has 1 aromatic carbocycles. The Kier molecular flexibility index (Phi) is 2.22. The standard InChI is InChI=1S/C11H15N/c1-7-5-8(2)9(3)11(6-7)10(4)12/h5-6H,4,12H2,1-3H3. The van der Waals surface area contributed by atoms with Crippen LogP contribution in [0.2, 0.25) is 0 Å². The Hall–Kier alpha value is -1.24. The summed E-state index contributed by atoms with van der Waals surface area (Å²) in [5.74, 6) is 0. The van der Waals surface area contributed by atoms with E-state index in [-0.39, 0.29) is 0 Å². The quantitative estimate of drug-likeness (QED) is 0.673. The molecule has 1 aromatic rings. The molecule has 0 saturated carbocycles. The maximum Gasteiger partial charge on any atom is 0.0317 e. The highest BCUT2D eigenvalue weighted by molar-refractivity contribution is 5.65. The van der Waals surface area contributed by atoms with E-state index in [1.165, 1.54) is 16.7 Å². The Morgan fingerprint density at radius 3 is 2.33 bits per heavy atom. The first-order valence-electron chi connectivity index (χ1n) is 4.05. The van der Waals surface area contributed by atoms with E-state index in [9.17, 15) is 0 Å². The summed E-state index contributed by atoms with van der Waals surface area (Å²) >= 11 is 0. The van der Waals surface area contributed by atoms with E-state index >= 15 is 0 Å². The minimum atomic E-state index is 0.652. The van der Waals surface area contributed by atoms with E-state index in [0.29, 0.717) is 5.70 Å². The van der Waals surface area contributed by atoms with Crippen molar-refractivity contribution in [3.05, 3.63) is 41.0 Å². The summed E-state index contributed by atoms with van der Waals surface area (Å²) in [6.45, 7) is 9.98. The number of nitrogens with two attached hydrogens (primary N) is 1. The number of hydrogen-bond acceptors (Lipinski definition) is 1. The Morgan fingerprint density at radius 2 is 1.83 bits per heavy atom. The van der Waals surface area contributed by atoms with Crippen molar-refractivity contribution in [1.29, 1.82) is 0 Å². The number of benzene rings is 1. The molecule has 1 heteroatoms. The molecule has 0 aromatic heterocycles. The van der Waals surface area contributed by atoms with Crippen LogP contribution in [0.1, 0.15) is 22.3 Å². The van der Waals surface area contributed by atoms with Crippen LogP contribution >= 0.6 is 0 Å². The summed E-state index contributed by atoms with van der Waals surface area (Å²) in [6, 6.07) is 4.23. The molecule has 0 heterocycles. The molecule has 0 amide bonds. The zero-order chi connectivity index (χ0) is 9.30. The van der Waals surface area contributed by atoms with Gasteiger partial charge in [-0.25, -0.2) is 0 Å². The normalized spacial score (nSPS) is 9.92. The smallest absolute Gasteiger partial charge is 0.0317 e. The monoisotopic (exact) mass is 161 g/mol. The molecule has 0 bridgehead atoms. The van der Waals surface area contributed by atoms with E-state index in [1.807, 2.05) is 0 Å². The Morgan fingerprint density at radius 1 is 1.25 bits per heavy atom. The molecule has 0 saturated heterocycles. The summed E-state index contributed by atoms with van der Waals surface area (Å²) in [6.07, 6.45) is 0. The van der Waals surface area contributed by atoms with E-state index in [2.05, 4.69) is 39.5 Å². The molecular weight excluding hydrogens is 146 g/mol. The van der Waals surface area contributed by atoms with Crippen molar-refractivity contribution in [2.45, 2.75) is 20.8 Å². The average molecular weight is 161 g/mol. The zero-order valence-corrected chi connectivity index (χ0v) is 7.94. The molecule has 0 aliphatic rings. The molecular formula is C11H15N. The predicted octanol–water partition coefficient (Wildman–Crippen LogP) is 2.54. The highest BCUT2D eigenvalue weighted by Gasteiger charge is 2.02. The van der Waals surface area contributed by atoms with Crippen molar-refractivity contribution in [2.24, 2.45) is 5.73 Å². The first kappa shape index (κ1) is 8.85. The third-order valence-electron chi connectivity index (χ3n) is 2.16. The van der Waals surface area contributed by atoms with Crippen LogP contribution in [0.15, 0.2) is 18.7 Å². The van der Waals surface area contributed by atoms with Gasteiger partial charge < -0.3 is 5.73 Å². The lowest BCUT2D eigenvalue weighted by atomic mass is 9.99. The van der Waals surface area contributed by atoms with E-state index in [0.717, 1.165) is 5.56 Å². The van der Waals surface area contributed by atoms with Crippen molar-refractivity contribution in [3.63, 3.8) is 0 Å². The minimum Gasteiger partial charge on any atom is -0.399 e. The van der Waals surface area contributed by atoms with Gasteiger partial charge in [0.1, 0.15) is 0 Å². The van der Waals surface area contributed by atoms with Crippen LogP contribution in [0.25, 0.3) is 5.70 Å². The Labute approximate surface area is 73.9 Å². The lowest BCUT2D eigenvalue weighted by Crippen LogP contribution is -1.99. The van der Waals surface area contributed by atoms with Gasteiger partial charge in [0.25, 0.3) is 0 Å². The SMILES string of the molecule is C=C(N)c1cc(C)cc(C)c1C. The van der Waals surface area contributed by atoms with Crippen LogP contribution in [0.5, 0.6) is 0 Å². The van der Waals surface area contributed by atoms with Gasteiger partial charge in [-0.1, -0.05) is 18.2 Å². The first-order chi connectivity index (χ1) is 5.52. The number of aryl methyl sites for hydroxylation is 2. The van der Waals surface area contributed by atoms with Crippen molar-refractivity contribution in [1.82, 2.24) is 0 Å². The van der Waals surface area contributed by atoms with Crippen molar-refractivity contribution in [3.8, 4) is 0 Å². The fraction of sp³-hybridized carbons (Fsp3) is 0.273. The van der Waals surface area contributed by atoms with Gasteiger partial charge >= 0.3 is 0 Å². The second kappa shape index (κ2) is 3.02. The lowest BCUT2D eigenvalue weighted by molar-refractivity contribution is 1.27. The molecule has 12 heavy (non-hydrogen) atoms. The van der Waals surface area contributed by atoms with Crippen LogP contribution in [-0.4, -0.2) is 0 Å². The summed E-state index contributed by atoms with van der Waals surface area (Å²) in [5.41, 5.74) is 11.1. The van der Waals surface area contributed by atoms with Crippen LogP contribution in [0.4, 0.5) is 0 Å². The van der Waals surface area contributed by atoms with Crippen molar-refractivity contribution >= 4 is 5.70 Å². The fourth-order valence-electron chi connectivity index (χ4n) is 1.37. The van der Waals surface area contributed by atoms with Gasteiger partial charge in [-0.3, -0.25) is 0 Å². The molecule has 2 N–H and O–H groups in total. The molecule has 64 valence electrons. The second-order valence-corrected chi connectivity index (χ2v) is 3.28. The molecule has 1 nitrogen and oxygen atoms in total. The van der Waals surface area contributed by atoms with Crippen molar-refractivity contribution < 1.29 is 0 Å². The summed E-state index contributed by atoms with van der Waals surface area (Å²) in [7, 11) is 0. The van der Waals surface area contributed by atoms with Crippen molar-refractivity contribution in [2.75, 3.05) is 0 Å². The molecule has 0 aliphatic carbocycles. The Bertz CT molecular complexity index is 324. The maximum absolute atomic E-state index is 5.66. The average Bonchev–Trinajstić information content (AvgIpc) is 1.96. The van der Waals surface area contributed by atoms with Gasteiger partial charge in [0.2, 0.25) is 0 Å². The molecule has 1 rings (SSSR count). The van der Waals surface area contributed by atoms with E-state index < -0.39 is 0 Å². The summed E-state index contributed by atoms with van der Waals surface area (Å²) in [5, 5.41) is 0. The largest absolute Gasteiger partial charge is 0.399 e. The van der Waals surface area contributed by atoms with E-state index in [1.54, 1.807) is 0 Å². The van der Waals surface area contributed by atoms with Gasteiger partial charge in [-0.2, -0.15) is 0 Å². The zero-order valence-electron chi connectivity index (χ0n) is 7.94. The molecule has 0 atom stereocenters. The fourth-order valence-corrected chi connectivity index (χ4v) is 1.37. The summed E-state index contributed by atoms with van der Waals surface area (Å²) in [4.78, 5) is 0. The third kappa shape index (κ3) is 1.50. The van der Waals surface area contributed by atoms with Gasteiger partial charge in [0, 0.05) is 11.3 Å². The minimum absolute atomic E-state index is 0.652. The van der Waals surface area contributed by atoms with Gasteiger partial charge in [-0.15, -0.1) is 0 Å². The molecule has 0 unspecified atom stereocenters. The number of hydrogen-bond donors (Lipinski definition) is 1. The van der Waals surface area contributed by atoms with Crippen LogP contribution in [0, 0.1) is 20.8 Å². The van der Waals surface area contributed by atoms with Gasteiger partial charge in [0.15, 0.2) is 0 Å². The van der Waals surface area contributed by atoms with Crippen LogP contribution < -0.4 is 5.73 Å². The van der Waals surface area contributed by atoms with Crippen LogP contribution in [0.3, 0.4) is 0 Å². The second-order valence-electron chi connectivity index (χ2n) is 3.28.